The van der Waals surface area contributed by atoms with E-state index in [1.165, 1.54) is 0 Å². The number of aldehydes is 1. The smallest absolute Gasteiger partial charge is 0.151 e. The maximum absolute atomic E-state index is 9.90. The van der Waals surface area contributed by atoms with Crippen LogP contribution in [0, 0.1) is 0 Å². The molecule has 0 aromatic rings. The fourth-order valence-corrected chi connectivity index (χ4v) is 0.618. The number of aliphatic hydroxyl groups excluding tert-OH is 5. The monoisotopic (exact) mass is 180 g/mol. The lowest BCUT2D eigenvalue weighted by Gasteiger charge is -2.22. The topological polar surface area (TPSA) is 118 Å². The van der Waals surface area contributed by atoms with Crippen molar-refractivity contribution in [3.63, 3.8) is 0 Å². The van der Waals surface area contributed by atoms with Crippen LogP contribution in [-0.2, 0) is 4.79 Å². The zero-order valence-corrected chi connectivity index (χ0v) is 6.24. The molecule has 6 heteroatoms. The van der Waals surface area contributed by atoms with E-state index in [4.69, 9.17) is 25.5 Å². The van der Waals surface area contributed by atoms with E-state index in [2.05, 4.69) is 0 Å². The van der Waals surface area contributed by atoms with Crippen molar-refractivity contribution >= 4 is 6.29 Å². The van der Waals surface area contributed by atoms with Crippen LogP contribution in [0.15, 0.2) is 0 Å². The third-order valence-corrected chi connectivity index (χ3v) is 1.42. The van der Waals surface area contributed by atoms with E-state index in [0.29, 0.717) is 0 Å². The number of hydrogen-bond acceptors (Lipinski definition) is 6. The minimum Gasteiger partial charge on any atom is -0.394 e. The van der Waals surface area contributed by atoms with Gasteiger partial charge in [0, 0.05) is 0 Å². The molecular weight excluding hydrogens is 168 g/mol. The first-order valence-corrected chi connectivity index (χ1v) is 3.33. The summed E-state index contributed by atoms with van der Waals surface area (Å²) in [5.74, 6) is 0. The van der Waals surface area contributed by atoms with E-state index in [1.807, 2.05) is 0 Å². The van der Waals surface area contributed by atoms with Crippen LogP contribution in [0.4, 0.5) is 0 Å². The number of hydrogen-bond donors (Lipinski definition) is 5. The Labute approximate surface area is 68.7 Å². The summed E-state index contributed by atoms with van der Waals surface area (Å²) in [6, 6.07) is 0. The van der Waals surface area contributed by atoms with Gasteiger partial charge in [-0.15, -0.1) is 0 Å². The molecule has 0 spiro atoms. The highest BCUT2D eigenvalue weighted by molar-refractivity contribution is 5.56. The second-order valence-corrected chi connectivity index (χ2v) is 2.36. The Morgan fingerprint density at radius 3 is 1.92 bits per heavy atom. The van der Waals surface area contributed by atoms with E-state index in [-0.39, 0.29) is 6.29 Å². The summed E-state index contributed by atoms with van der Waals surface area (Å²) in [7, 11) is 0. The quantitative estimate of drug-likeness (QED) is 0.282. The molecule has 0 radical (unpaired) electrons. The maximum atomic E-state index is 9.90. The van der Waals surface area contributed by atoms with Crippen LogP contribution in [0.2, 0.25) is 0 Å². The first-order chi connectivity index (χ1) is 5.54. The molecule has 0 aliphatic rings. The van der Waals surface area contributed by atoms with E-state index in [1.54, 1.807) is 0 Å². The lowest BCUT2D eigenvalue weighted by Crippen LogP contribution is -2.46. The Bertz CT molecular complexity index is 138. The highest BCUT2D eigenvalue weighted by Crippen LogP contribution is 2.02. The summed E-state index contributed by atoms with van der Waals surface area (Å²) in [5.41, 5.74) is 0. The van der Waals surface area contributed by atoms with Crippen molar-refractivity contribution in [1.29, 1.82) is 0 Å². The molecule has 0 fully saturated rings. The summed E-state index contributed by atoms with van der Waals surface area (Å²) in [4.78, 5) is 9.90. The maximum Gasteiger partial charge on any atom is 0.151 e. The molecule has 0 bridgehead atoms. The fourth-order valence-electron chi connectivity index (χ4n) is 0.618. The van der Waals surface area contributed by atoms with Crippen molar-refractivity contribution < 1.29 is 30.3 Å². The van der Waals surface area contributed by atoms with Gasteiger partial charge in [-0.1, -0.05) is 0 Å². The lowest BCUT2D eigenvalue weighted by atomic mass is 10.0. The average Bonchev–Trinajstić information content (AvgIpc) is 2.12. The van der Waals surface area contributed by atoms with Gasteiger partial charge < -0.3 is 30.3 Å². The standard InChI is InChI=1S/C6H12O6/c7-1-3(9)5(11)6(12)4(10)2-8/h1,3-6,8-12H,2H2/t3-,4-,5+,6+/m0/s1. The third kappa shape index (κ3) is 2.84. The minimum absolute atomic E-state index is 0.0258. The van der Waals surface area contributed by atoms with Gasteiger partial charge in [-0.2, -0.15) is 0 Å². The molecule has 0 rings (SSSR count). The molecule has 6 nitrogen and oxygen atoms in total. The van der Waals surface area contributed by atoms with Crippen LogP contribution in [-0.4, -0.2) is 62.8 Å². The first kappa shape index (κ1) is 11.5. The van der Waals surface area contributed by atoms with Crippen molar-refractivity contribution in [3.05, 3.63) is 0 Å². The fraction of sp³-hybridized carbons (Fsp3) is 0.833. The van der Waals surface area contributed by atoms with Crippen LogP contribution >= 0.6 is 0 Å². The zero-order valence-electron chi connectivity index (χ0n) is 6.24. The van der Waals surface area contributed by atoms with E-state index in [9.17, 15) is 4.79 Å². The Morgan fingerprint density at radius 2 is 1.58 bits per heavy atom. The first-order valence-electron chi connectivity index (χ1n) is 3.33. The predicted molar refractivity (Wildman–Crippen MR) is 37.2 cm³/mol. The van der Waals surface area contributed by atoms with Gasteiger partial charge in [0.05, 0.1) is 6.61 Å². The van der Waals surface area contributed by atoms with E-state index >= 15 is 0 Å². The molecule has 4 atom stereocenters. The minimum atomic E-state index is -1.79. The van der Waals surface area contributed by atoms with Gasteiger partial charge in [0.1, 0.15) is 24.4 Å². The van der Waals surface area contributed by atoms with Crippen LogP contribution in [0.5, 0.6) is 0 Å². The van der Waals surface area contributed by atoms with E-state index in [0.717, 1.165) is 0 Å². The zero-order chi connectivity index (χ0) is 9.72. The van der Waals surface area contributed by atoms with Crippen molar-refractivity contribution in [2.24, 2.45) is 0 Å². The SMILES string of the molecule is O=C[C@H](O)[C@@H](O)[C@H](O)[C@@H](O)CO. The summed E-state index contributed by atoms with van der Waals surface area (Å²) in [6.07, 6.45) is -6.84. The molecular formula is C6H12O6. The largest absolute Gasteiger partial charge is 0.394 e. The van der Waals surface area contributed by atoms with Crippen molar-refractivity contribution in [2.45, 2.75) is 24.4 Å². The number of carbonyl (C=O) groups excluding carboxylic acids is 1. The molecule has 0 aliphatic carbocycles. The lowest BCUT2D eigenvalue weighted by molar-refractivity contribution is -0.136. The Kier molecular flexibility index (Phi) is 4.95. The van der Waals surface area contributed by atoms with Crippen LogP contribution in [0.25, 0.3) is 0 Å². The summed E-state index contributed by atoms with van der Waals surface area (Å²) in [5, 5.41) is 43.5. The summed E-state index contributed by atoms with van der Waals surface area (Å²) < 4.78 is 0. The van der Waals surface area contributed by atoms with Gasteiger partial charge >= 0.3 is 0 Å². The molecule has 5 N–H and O–H groups in total. The van der Waals surface area contributed by atoms with Gasteiger partial charge in [-0.25, -0.2) is 0 Å². The molecule has 0 amide bonds. The highest BCUT2D eigenvalue weighted by atomic mass is 16.4. The molecule has 0 saturated heterocycles. The van der Waals surface area contributed by atoms with Gasteiger partial charge in [0.15, 0.2) is 6.29 Å². The Hall–Kier alpha value is -0.530. The van der Waals surface area contributed by atoms with Gasteiger partial charge in [0.2, 0.25) is 0 Å². The van der Waals surface area contributed by atoms with E-state index < -0.39 is 31.0 Å². The second kappa shape index (κ2) is 5.18. The molecule has 0 aliphatic heterocycles. The van der Waals surface area contributed by atoms with Gasteiger partial charge in [-0.3, -0.25) is 0 Å². The van der Waals surface area contributed by atoms with Gasteiger partial charge in [0.25, 0.3) is 0 Å². The molecule has 0 heterocycles. The van der Waals surface area contributed by atoms with Crippen LogP contribution in [0.3, 0.4) is 0 Å². The number of carbonyl (C=O) groups is 1. The molecule has 0 unspecified atom stereocenters. The van der Waals surface area contributed by atoms with Crippen LogP contribution in [0.1, 0.15) is 0 Å². The van der Waals surface area contributed by atoms with Crippen molar-refractivity contribution in [3.8, 4) is 0 Å². The highest BCUT2D eigenvalue weighted by Gasteiger charge is 2.29. The molecule has 0 saturated carbocycles. The number of rotatable bonds is 5. The molecule has 12 heavy (non-hydrogen) atoms. The normalized spacial score (nSPS) is 21.1. The number of aliphatic hydroxyl groups is 5. The predicted octanol–water partition coefficient (Wildman–Crippen LogP) is -3.38. The molecule has 0 aromatic heterocycles. The third-order valence-electron chi connectivity index (χ3n) is 1.42. The van der Waals surface area contributed by atoms with Crippen molar-refractivity contribution in [2.75, 3.05) is 6.61 Å². The van der Waals surface area contributed by atoms with Crippen molar-refractivity contribution in [1.82, 2.24) is 0 Å². The van der Waals surface area contributed by atoms with Crippen LogP contribution < -0.4 is 0 Å². The molecule has 72 valence electrons. The Morgan fingerprint density at radius 1 is 1.08 bits per heavy atom. The summed E-state index contributed by atoms with van der Waals surface area (Å²) >= 11 is 0. The van der Waals surface area contributed by atoms with Gasteiger partial charge in [-0.05, 0) is 0 Å². The average molecular weight is 180 g/mol. The molecule has 0 aromatic carbocycles. The Balaban J connectivity index is 4.07. The summed E-state index contributed by atoms with van der Waals surface area (Å²) in [6.45, 7) is -0.760. The second-order valence-electron chi connectivity index (χ2n) is 2.36.